The third-order valence-corrected chi connectivity index (χ3v) is 2.63. The molecular formula is C15H17NO3. The molecule has 1 amide bonds. The number of nitrogens with one attached hydrogen (secondary N) is 1. The normalized spacial score (nSPS) is 10.2. The van der Waals surface area contributed by atoms with Gasteiger partial charge in [0.1, 0.15) is 12.4 Å². The third kappa shape index (κ3) is 3.61. The van der Waals surface area contributed by atoms with Crippen LogP contribution in [0.25, 0.3) is 0 Å². The zero-order valence-electron chi connectivity index (χ0n) is 10.9. The van der Waals surface area contributed by atoms with Gasteiger partial charge in [-0.05, 0) is 24.6 Å². The molecule has 100 valence electrons. The summed E-state index contributed by atoms with van der Waals surface area (Å²) in [6.45, 7) is 2.95. The number of carbonyl (C=O) groups is 1. The molecule has 0 aliphatic rings. The van der Waals surface area contributed by atoms with E-state index < -0.39 is 0 Å². The van der Waals surface area contributed by atoms with E-state index in [1.807, 2.05) is 37.3 Å². The van der Waals surface area contributed by atoms with Crippen LogP contribution in [0.2, 0.25) is 0 Å². The van der Waals surface area contributed by atoms with Crippen molar-refractivity contribution in [3.05, 3.63) is 54.0 Å². The van der Waals surface area contributed by atoms with Crippen LogP contribution in [0, 0.1) is 0 Å². The molecule has 0 saturated heterocycles. The second-order valence-electron chi connectivity index (χ2n) is 4.13. The SMILES string of the molecule is CCCNC(=O)c1occc1COc1ccccc1. The standard InChI is InChI=1S/C15H17NO3/c1-2-9-16-15(17)14-12(8-10-18-14)11-19-13-6-4-3-5-7-13/h3-8,10H,2,9,11H2,1H3,(H,16,17). The lowest BCUT2D eigenvalue weighted by Crippen LogP contribution is -2.24. The largest absolute Gasteiger partial charge is 0.489 e. The van der Waals surface area contributed by atoms with Crippen molar-refractivity contribution in [3.63, 3.8) is 0 Å². The van der Waals surface area contributed by atoms with Gasteiger partial charge in [-0.25, -0.2) is 0 Å². The Balaban J connectivity index is 1.98. The van der Waals surface area contributed by atoms with Crippen LogP contribution in [0.5, 0.6) is 5.75 Å². The minimum Gasteiger partial charge on any atom is -0.489 e. The number of hydrogen-bond acceptors (Lipinski definition) is 3. The molecular weight excluding hydrogens is 242 g/mol. The molecule has 0 aliphatic carbocycles. The van der Waals surface area contributed by atoms with E-state index in [1.54, 1.807) is 6.07 Å². The van der Waals surface area contributed by atoms with E-state index >= 15 is 0 Å². The summed E-state index contributed by atoms with van der Waals surface area (Å²) >= 11 is 0. The number of amides is 1. The highest BCUT2D eigenvalue weighted by atomic mass is 16.5. The van der Waals surface area contributed by atoms with Crippen molar-refractivity contribution in [2.45, 2.75) is 20.0 Å². The maximum absolute atomic E-state index is 11.8. The molecule has 1 heterocycles. The number of para-hydroxylation sites is 1. The highest BCUT2D eigenvalue weighted by molar-refractivity contribution is 5.92. The second-order valence-corrected chi connectivity index (χ2v) is 4.13. The lowest BCUT2D eigenvalue weighted by molar-refractivity contribution is 0.0922. The molecule has 0 aliphatic heterocycles. The van der Waals surface area contributed by atoms with Crippen molar-refractivity contribution in [1.82, 2.24) is 5.32 Å². The van der Waals surface area contributed by atoms with E-state index in [9.17, 15) is 4.79 Å². The molecule has 0 bridgehead atoms. The molecule has 2 rings (SSSR count). The first-order chi connectivity index (χ1) is 9.31. The molecule has 2 aromatic rings. The zero-order chi connectivity index (χ0) is 13.5. The quantitative estimate of drug-likeness (QED) is 0.867. The molecule has 0 saturated carbocycles. The predicted octanol–water partition coefficient (Wildman–Crippen LogP) is 3.00. The summed E-state index contributed by atoms with van der Waals surface area (Å²) < 4.78 is 10.8. The Hall–Kier alpha value is -2.23. The summed E-state index contributed by atoms with van der Waals surface area (Å²) in [7, 11) is 0. The number of ether oxygens (including phenoxy) is 1. The molecule has 1 aromatic heterocycles. The smallest absolute Gasteiger partial charge is 0.287 e. The summed E-state index contributed by atoms with van der Waals surface area (Å²) in [6, 6.07) is 11.2. The molecule has 19 heavy (non-hydrogen) atoms. The van der Waals surface area contributed by atoms with Crippen molar-refractivity contribution in [3.8, 4) is 5.75 Å². The first-order valence-electron chi connectivity index (χ1n) is 6.33. The fourth-order valence-corrected chi connectivity index (χ4v) is 1.65. The zero-order valence-corrected chi connectivity index (χ0v) is 10.9. The average molecular weight is 259 g/mol. The molecule has 1 aromatic carbocycles. The third-order valence-electron chi connectivity index (χ3n) is 2.63. The number of carbonyl (C=O) groups excluding carboxylic acids is 1. The van der Waals surface area contributed by atoms with E-state index in [2.05, 4.69) is 5.32 Å². The number of hydrogen-bond donors (Lipinski definition) is 1. The highest BCUT2D eigenvalue weighted by Crippen LogP contribution is 2.15. The Labute approximate surface area is 112 Å². The molecule has 1 N–H and O–H groups in total. The second kappa shape index (κ2) is 6.64. The van der Waals surface area contributed by atoms with Gasteiger partial charge in [0, 0.05) is 12.1 Å². The monoisotopic (exact) mass is 259 g/mol. The van der Waals surface area contributed by atoms with Crippen LogP contribution in [0.3, 0.4) is 0 Å². The van der Waals surface area contributed by atoms with E-state index in [-0.39, 0.29) is 5.91 Å². The Morgan fingerprint density at radius 3 is 2.79 bits per heavy atom. The Bertz CT molecular complexity index is 519. The van der Waals surface area contributed by atoms with Crippen molar-refractivity contribution in [2.75, 3.05) is 6.54 Å². The number of benzene rings is 1. The van der Waals surface area contributed by atoms with Crippen molar-refractivity contribution in [1.29, 1.82) is 0 Å². The van der Waals surface area contributed by atoms with Crippen LogP contribution in [0.4, 0.5) is 0 Å². The molecule has 0 fully saturated rings. The van der Waals surface area contributed by atoms with Crippen LogP contribution in [-0.2, 0) is 6.61 Å². The van der Waals surface area contributed by atoms with Gasteiger partial charge in [0.25, 0.3) is 5.91 Å². The van der Waals surface area contributed by atoms with Crippen LogP contribution in [0.1, 0.15) is 29.5 Å². The minimum absolute atomic E-state index is 0.196. The van der Waals surface area contributed by atoms with Crippen molar-refractivity contribution < 1.29 is 13.9 Å². The lowest BCUT2D eigenvalue weighted by atomic mass is 10.2. The fourth-order valence-electron chi connectivity index (χ4n) is 1.65. The van der Waals surface area contributed by atoms with Crippen molar-refractivity contribution >= 4 is 5.91 Å². The Morgan fingerprint density at radius 2 is 2.05 bits per heavy atom. The van der Waals surface area contributed by atoms with Gasteiger partial charge in [0.15, 0.2) is 5.76 Å². The number of furan rings is 1. The number of rotatable bonds is 6. The fraction of sp³-hybridized carbons (Fsp3) is 0.267. The highest BCUT2D eigenvalue weighted by Gasteiger charge is 2.15. The first-order valence-corrected chi connectivity index (χ1v) is 6.33. The van der Waals surface area contributed by atoms with Gasteiger partial charge in [-0.1, -0.05) is 25.1 Å². The molecule has 4 heteroatoms. The van der Waals surface area contributed by atoms with Gasteiger partial charge in [-0.3, -0.25) is 4.79 Å². The van der Waals surface area contributed by atoms with Crippen molar-refractivity contribution in [2.24, 2.45) is 0 Å². The average Bonchev–Trinajstić information content (AvgIpc) is 2.92. The van der Waals surface area contributed by atoms with E-state index in [1.165, 1.54) is 6.26 Å². The van der Waals surface area contributed by atoms with Crippen LogP contribution >= 0.6 is 0 Å². The summed E-state index contributed by atoms with van der Waals surface area (Å²) in [5.41, 5.74) is 0.748. The Morgan fingerprint density at radius 1 is 1.26 bits per heavy atom. The maximum Gasteiger partial charge on any atom is 0.287 e. The summed E-state index contributed by atoms with van der Waals surface area (Å²) in [6.07, 6.45) is 2.40. The van der Waals surface area contributed by atoms with Gasteiger partial charge in [0.2, 0.25) is 0 Å². The Kier molecular flexibility index (Phi) is 4.61. The summed E-state index contributed by atoms with van der Waals surface area (Å²) in [5, 5.41) is 2.79. The topological polar surface area (TPSA) is 51.5 Å². The molecule has 0 radical (unpaired) electrons. The van der Waals surface area contributed by atoms with Gasteiger partial charge >= 0.3 is 0 Å². The van der Waals surface area contributed by atoms with Crippen LogP contribution < -0.4 is 10.1 Å². The lowest BCUT2D eigenvalue weighted by Gasteiger charge is -2.06. The van der Waals surface area contributed by atoms with Crippen LogP contribution in [0.15, 0.2) is 47.1 Å². The summed E-state index contributed by atoms with van der Waals surface area (Å²) in [4.78, 5) is 11.8. The van der Waals surface area contributed by atoms with E-state index in [0.717, 1.165) is 17.7 Å². The van der Waals surface area contributed by atoms with E-state index in [4.69, 9.17) is 9.15 Å². The molecule has 0 atom stereocenters. The van der Waals surface area contributed by atoms with Gasteiger partial charge in [0.05, 0.1) is 6.26 Å². The van der Waals surface area contributed by atoms with Gasteiger partial charge in [-0.15, -0.1) is 0 Å². The van der Waals surface area contributed by atoms with Crippen LogP contribution in [-0.4, -0.2) is 12.5 Å². The van der Waals surface area contributed by atoms with Gasteiger partial charge < -0.3 is 14.5 Å². The maximum atomic E-state index is 11.8. The first kappa shape index (κ1) is 13.2. The molecule has 0 unspecified atom stereocenters. The van der Waals surface area contributed by atoms with Gasteiger partial charge in [-0.2, -0.15) is 0 Å². The summed E-state index contributed by atoms with van der Waals surface area (Å²) in [5.74, 6) is 0.895. The molecule has 0 spiro atoms. The minimum atomic E-state index is -0.196. The molecule has 4 nitrogen and oxygen atoms in total. The predicted molar refractivity (Wildman–Crippen MR) is 72.1 cm³/mol. The van der Waals surface area contributed by atoms with E-state index in [0.29, 0.717) is 18.9 Å².